The molecule has 0 bridgehead atoms. The molecule has 0 N–H and O–H groups in total. The minimum atomic E-state index is 1.26. The van der Waals surface area contributed by atoms with Gasteiger partial charge in [-0.3, -0.25) is 0 Å². The summed E-state index contributed by atoms with van der Waals surface area (Å²) in [7, 11) is 4.17. The quantitative estimate of drug-likeness (QED) is 0.491. The lowest BCUT2D eigenvalue weighted by Crippen LogP contribution is -2.28. The van der Waals surface area contributed by atoms with Crippen molar-refractivity contribution in [2.75, 3.05) is 0 Å². The summed E-state index contributed by atoms with van der Waals surface area (Å²) in [6.07, 6.45) is 3.39. The van der Waals surface area contributed by atoms with Crippen molar-refractivity contribution in [3.8, 4) is 22.5 Å². The predicted octanol–water partition coefficient (Wildman–Crippen LogP) is 4.34. The molecule has 0 saturated carbocycles. The van der Waals surface area contributed by atoms with E-state index in [1.54, 1.807) is 0 Å². The molecule has 0 aliphatic rings. The van der Waals surface area contributed by atoms with Crippen LogP contribution in [0.3, 0.4) is 0 Å². The zero-order valence-corrected chi connectivity index (χ0v) is 15.0. The van der Waals surface area contributed by atoms with Crippen molar-refractivity contribution in [3.05, 3.63) is 38.0 Å². The van der Waals surface area contributed by atoms with Gasteiger partial charge in [0, 0.05) is 21.1 Å². The number of nitrogens with zero attached hydrogens (tertiary/aromatic N) is 2. The Morgan fingerprint density at radius 1 is 0.952 bits per heavy atom. The Kier molecular flexibility index (Phi) is 3.54. The molecule has 0 saturated heterocycles. The SMILES string of the molecule is Cc1cc(-c2c(-c3cc(C)sc3C)[n+](C)[c-]n2C)c(C)s1. The molecule has 3 heterocycles. The van der Waals surface area contributed by atoms with E-state index in [0.29, 0.717) is 0 Å². The third-order valence-electron chi connectivity index (χ3n) is 3.79. The van der Waals surface area contributed by atoms with Gasteiger partial charge in [-0.2, -0.15) is 0 Å². The largest absolute Gasteiger partial charge is 0.346 e. The van der Waals surface area contributed by atoms with E-state index in [1.165, 1.54) is 42.0 Å². The molecule has 21 heavy (non-hydrogen) atoms. The molecule has 4 heteroatoms. The molecule has 0 amide bonds. The molecule has 0 atom stereocenters. The van der Waals surface area contributed by atoms with Gasteiger partial charge in [-0.05, 0) is 48.6 Å². The minimum Gasteiger partial charge on any atom is -0.346 e. The maximum absolute atomic E-state index is 3.39. The van der Waals surface area contributed by atoms with Gasteiger partial charge in [-0.25, -0.2) is 0 Å². The molecule has 0 aliphatic heterocycles. The van der Waals surface area contributed by atoms with Crippen LogP contribution in [0.25, 0.3) is 22.5 Å². The Bertz CT molecular complexity index is 752. The first-order chi connectivity index (χ1) is 9.88. The molecule has 0 aliphatic carbocycles. The number of rotatable bonds is 2. The van der Waals surface area contributed by atoms with Crippen LogP contribution < -0.4 is 4.57 Å². The Morgan fingerprint density at radius 3 is 1.95 bits per heavy atom. The highest BCUT2D eigenvalue weighted by Gasteiger charge is 2.18. The number of aryl methyl sites for hydroxylation is 6. The summed E-state index contributed by atoms with van der Waals surface area (Å²) in [5.41, 5.74) is 5.19. The van der Waals surface area contributed by atoms with E-state index in [-0.39, 0.29) is 0 Å². The molecule has 3 aromatic heterocycles. The number of aromatic nitrogens is 2. The summed E-state index contributed by atoms with van der Waals surface area (Å²) in [6, 6.07) is 4.59. The number of hydrogen-bond acceptors (Lipinski definition) is 2. The maximum Gasteiger partial charge on any atom is 0.204 e. The van der Waals surface area contributed by atoms with Crippen molar-refractivity contribution < 1.29 is 4.57 Å². The summed E-state index contributed by atoms with van der Waals surface area (Å²) in [5, 5.41) is 0. The fraction of sp³-hybridized carbons (Fsp3) is 0.353. The van der Waals surface area contributed by atoms with Crippen molar-refractivity contribution in [1.29, 1.82) is 0 Å². The zero-order valence-electron chi connectivity index (χ0n) is 13.4. The van der Waals surface area contributed by atoms with Gasteiger partial charge in [0.1, 0.15) is 0 Å². The zero-order chi connectivity index (χ0) is 15.3. The maximum atomic E-state index is 3.39. The Morgan fingerprint density at radius 2 is 1.48 bits per heavy atom. The molecule has 110 valence electrons. The van der Waals surface area contributed by atoms with E-state index in [9.17, 15) is 0 Å². The van der Waals surface area contributed by atoms with Crippen LogP contribution in [-0.2, 0) is 14.1 Å². The lowest BCUT2D eigenvalue weighted by Gasteiger charge is -2.11. The molecule has 2 nitrogen and oxygen atoms in total. The molecule has 0 aromatic carbocycles. The van der Waals surface area contributed by atoms with Crippen LogP contribution in [0.4, 0.5) is 0 Å². The standard InChI is InChI=1S/C17H20N2S2/c1-10-7-14(12(3)20-10)16-17(19(6)9-18(16)5)15-8-11(2)21-13(15)4/h7-8H,1-6H3. The molecule has 3 aromatic rings. The molecule has 0 unspecified atom stereocenters. The van der Waals surface area contributed by atoms with E-state index in [1.807, 2.05) is 22.7 Å². The first-order valence-electron chi connectivity index (χ1n) is 7.01. The fourth-order valence-electron chi connectivity index (χ4n) is 2.99. The highest BCUT2D eigenvalue weighted by atomic mass is 32.1. The van der Waals surface area contributed by atoms with E-state index < -0.39 is 0 Å². The summed E-state index contributed by atoms with van der Waals surface area (Å²) >= 11 is 3.72. The molecule has 3 rings (SSSR count). The normalized spacial score (nSPS) is 11.3. The topological polar surface area (TPSA) is 8.81 Å². The molecule has 0 fully saturated rings. The summed E-state index contributed by atoms with van der Waals surface area (Å²) in [5.74, 6) is 0. The lowest BCUT2D eigenvalue weighted by molar-refractivity contribution is -0.664. The monoisotopic (exact) mass is 316 g/mol. The average Bonchev–Trinajstić information content (AvgIpc) is 2.96. The van der Waals surface area contributed by atoms with Crippen molar-refractivity contribution in [3.63, 3.8) is 0 Å². The van der Waals surface area contributed by atoms with E-state index >= 15 is 0 Å². The van der Waals surface area contributed by atoms with Gasteiger partial charge in [-0.1, -0.05) is 12.1 Å². The third kappa shape index (κ3) is 2.36. The molecule has 0 spiro atoms. The van der Waals surface area contributed by atoms with Crippen LogP contribution in [0.2, 0.25) is 0 Å². The van der Waals surface area contributed by atoms with Gasteiger partial charge >= 0.3 is 0 Å². The van der Waals surface area contributed by atoms with Gasteiger partial charge in [0.15, 0.2) is 0 Å². The van der Waals surface area contributed by atoms with Crippen LogP contribution in [0.5, 0.6) is 0 Å². The molecular weight excluding hydrogens is 296 g/mol. The predicted molar refractivity (Wildman–Crippen MR) is 91.0 cm³/mol. The highest BCUT2D eigenvalue weighted by Crippen LogP contribution is 2.38. The Balaban J connectivity index is 2.32. The van der Waals surface area contributed by atoms with Crippen LogP contribution in [0.1, 0.15) is 19.5 Å². The second-order valence-corrected chi connectivity index (χ2v) is 8.49. The second-order valence-electron chi connectivity index (χ2n) is 5.57. The van der Waals surface area contributed by atoms with Crippen LogP contribution in [0.15, 0.2) is 12.1 Å². The van der Waals surface area contributed by atoms with Crippen molar-refractivity contribution in [1.82, 2.24) is 4.57 Å². The average molecular weight is 316 g/mol. The molecule has 0 radical (unpaired) electrons. The Labute approximate surface area is 134 Å². The molecular formula is C17H20N2S2. The first kappa shape index (κ1) is 14.5. The highest BCUT2D eigenvalue weighted by molar-refractivity contribution is 7.12. The summed E-state index contributed by atoms with van der Waals surface area (Å²) in [6.45, 7) is 8.76. The smallest absolute Gasteiger partial charge is 0.204 e. The van der Waals surface area contributed by atoms with Gasteiger partial charge in [0.05, 0.1) is 14.1 Å². The summed E-state index contributed by atoms with van der Waals surface area (Å²) < 4.78 is 4.24. The van der Waals surface area contributed by atoms with Gasteiger partial charge in [0.25, 0.3) is 0 Å². The van der Waals surface area contributed by atoms with E-state index in [4.69, 9.17) is 0 Å². The van der Waals surface area contributed by atoms with Crippen molar-refractivity contribution >= 4 is 22.7 Å². The van der Waals surface area contributed by atoms with Crippen LogP contribution in [0, 0.1) is 34.0 Å². The van der Waals surface area contributed by atoms with Gasteiger partial charge < -0.3 is 9.13 Å². The summed E-state index contributed by atoms with van der Waals surface area (Å²) in [4.78, 5) is 5.45. The Hall–Kier alpha value is -1.39. The van der Waals surface area contributed by atoms with Crippen molar-refractivity contribution in [2.45, 2.75) is 27.7 Å². The van der Waals surface area contributed by atoms with Crippen molar-refractivity contribution in [2.24, 2.45) is 14.1 Å². The van der Waals surface area contributed by atoms with Crippen LogP contribution >= 0.6 is 22.7 Å². The number of thiophene rings is 2. The number of hydrogen-bond donors (Lipinski definition) is 0. The minimum absolute atomic E-state index is 1.26. The van der Waals surface area contributed by atoms with Gasteiger partial charge in [-0.15, -0.1) is 22.7 Å². The van der Waals surface area contributed by atoms with E-state index in [0.717, 1.165) is 0 Å². The second kappa shape index (κ2) is 5.11. The fourth-order valence-corrected chi connectivity index (χ4v) is 4.84. The van der Waals surface area contributed by atoms with Gasteiger partial charge in [0.2, 0.25) is 6.33 Å². The first-order valence-corrected chi connectivity index (χ1v) is 8.64. The third-order valence-corrected chi connectivity index (χ3v) is 5.72. The lowest BCUT2D eigenvalue weighted by atomic mass is 10.1. The van der Waals surface area contributed by atoms with Crippen LogP contribution in [-0.4, -0.2) is 4.57 Å². The van der Waals surface area contributed by atoms with E-state index in [2.05, 4.69) is 69.4 Å². The number of imidazole rings is 1.